The van der Waals surface area contributed by atoms with E-state index in [1.165, 1.54) is 251 Å². The van der Waals surface area contributed by atoms with Crippen LogP contribution in [0.3, 0.4) is 0 Å². The zero-order chi connectivity index (χ0) is 80.6. The first kappa shape index (κ1) is 67.9. The van der Waals surface area contributed by atoms with Crippen molar-refractivity contribution in [1.82, 2.24) is 33.2 Å². The Morgan fingerprint density at radius 2 is 0.602 bits per heavy atom. The van der Waals surface area contributed by atoms with Crippen LogP contribution in [0.2, 0.25) is 0 Å². The van der Waals surface area contributed by atoms with Gasteiger partial charge in [-0.1, -0.05) is 281 Å². The van der Waals surface area contributed by atoms with Gasteiger partial charge in [-0.15, -0.1) is 0 Å². The molecular formula is C116H71N7. The van der Waals surface area contributed by atoms with Crippen molar-refractivity contribution >= 4 is 206 Å². The largest absolute Gasteiger partial charge is 0.309 e. The van der Waals surface area contributed by atoms with Crippen molar-refractivity contribution in [2.75, 3.05) is 0 Å². The highest BCUT2D eigenvalue weighted by Gasteiger charge is 2.36. The van der Waals surface area contributed by atoms with Gasteiger partial charge in [0.15, 0.2) is 0 Å². The summed E-state index contributed by atoms with van der Waals surface area (Å²) in [5.41, 5.74) is 22.2. The van der Waals surface area contributed by atoms with Crippen molar-refractivity contribution in [3.63, 3.8) is 0 Å². The second-order valence-corrected chi connectivity index (χ2v) is 34.1. The number of pyridine rings is 3. The minimum absolute atomic E-state index is 0.0427. The summed E-state index contributed by atoms with van der Waals surface area (Å²) >= 11 is 0. The standard InChI is InChI=1S/C45H27N3.C36H24N2.C35H20N2/c1-3-9-28(10-4-1)33-19-15-29-16-21-36-44-30(17-20-35(33)43(29)44)25-42-45(36)38-27-46-24-23-41(38)48(42)32-18-22-40-37(26-32)34-13-7-8-14-39(34)47(40)31-11-5-2-6-12-31;1-36(2)29-9-4-3-8-25(29)26-15-13-24(19-30(26)36)38-31-16-17-37-20-28(31)35-27-14-12-22-7-5-6-21-10-11-23(18-32(35)38)34(27)33(21)22;1-2-9-25-23(6-1)18-31(27-11-4-3-10-26(25)27)37-30-16-17-36-20-29(30)35-28-15-14-22-8-5-7-21-12-13-24(19-32(35)37)34(28)33(21)22/h1-27H;3-20H,1-2H3;1-20H. The Bertz CT molecular complexity index is 9330. The van der Waals surface area contributed by atoms with E-state index in [4.69, 9.17) is 0 Å². The summed E-state index contributed by atoms with van der Waals surface area (Å²) in [7, 11) is 0. The van der Waals surface area contributed by atoms with E-state index in [1.54, 1.807) is 0 Å². The fourth-order valence-corrected chi connectivity index (χ4v) is 22.2. The van der Waals surface area contributed by atoms with Gasteiger partial charge in [0, 0.05) is 108 Å². The molecule has 0 unspecified atom stereocenters. The van der Waals surface area contributed by atoms with E-state index in [0.717, 1.165) is 11.2 Å². The predicted octanol–water partition coefficient (Wildman–Crippen LogP) is 30.6. The van der Waals surface area contributed by atoms with Gasteiger partial charge in [-0.3, -0.25) is 15.0 Å². The van der Waals surface area contributed by atoms with Gasteiger partial charge in [0.25, 0.3) is 0 Å². The van der Waals surface area contributed by atoms with Crippen LogP contribution in [0.4, 0.5) is 0 Å². The molecule has 7 heteroatoms. The molecule has 0 saturated carbocycles. The van der Waals surface area contributed by atoms with Crippen LogP contribution in [-0.4, -0.2) is 33.2 Å². The molecule has 0 spiro atoms. The van der Waals surface area contributed by atoms with E-state index in [0.29, 0.717) is 0 Å². The molecule has 0 atom stereocenters. The third kappa shape index (κ3) is 9.56. The molecule has 0 amide bonds. The van der Waals surface area contributed by atoms with Gasteiger partial charge >= 0.3 is 0 Å². The Kier molecular flexibility index (Phi) is 14.1. The van der Waals surface area contributed by atoms with E-state index >= 15 is 0 Å². The summed E-state index contributed by atoms with van der Waals surface area (Å²) in [5.74, 6) is 0. The lowest BCUT2D eigenvalue weighted by Crippen LogP contribution is -2.15. The number of hydrogen-bond donors (Lipinski definition) is 0. The number of nitrogens with zero attached hydrogens (tertiary/aromatic N) is 7. The van der Waals surface area contributed by atoms with Crippen molar-refractivity contribution in [3.05, 3.63) is 406 Å². The van der Waals surface area contributed by atoms with Crippen LogP contribution in [0, 0.1) is 0 Å². The third-order valence-corrected chi connectivity index (χ3v) is 27.5. The molecule has 0 aliphatic heterocycles. The minimum Gasteiger partial charge on any atom is -0.309 e. The molecule has 0 bridgehead atoms. The lowest BCUT2D eigenvalue weighted by atomic mass is 9.82. The molecule has 7 heterocycles. The number of benzene rings is 21. The Morgan fingerprint density at radius 3 is 1.23 bits per heavy atom. The Hall–Kier alpha value is -16.1. The molecule has 1 aliphatic carbocycles. The average molecular weight is 1560 g/mol. The second kappa shape index (κ2) is 25.5. The molecule has 7 aromatic heterocycles. The predicted molar refractivity (Wildman–Crippen MR) is 519 cm³/mol. The molecule has 29 rings (SSSR count). The van der Waals surface area contributed by atoms with Crippen LogP contribution in [0.5, 0.6) is 0 Å². The molecule has 0 N–H and O–H groups in total. The van der Waals surface area contributed by atoms with Gasteiger partial charge in [-0.05, 0) is 237 Å². The molecule has 570 valence electrons. The summed E-state index contributed by atoms with van der Waals surface area (Å²) in [6, 6.07) is 132. The molecule has 28 aromatic rings. The molecule has 7 nitrogen and oxygen atoms in total. The zero-order valence-electron chi connectivity index (χ0n) is 67.2. The highest BCUT2D eigenvalue weighted by atomic mass is 15.0. The van der Waals surface area contributed by atoms with Gasteiger partial charge < -0.3 is 18.3 Å². The Labute approximate surface area is 704 Å². The summed E-state index contributed by atoms with van der Waals surface area (Å²) in [4.78, 5) is 13.8. The van der Waals surface area contributed by atoms with Crippen molar-refractivity contribution in [2.45, 2.75) is 19.3 Å². The van der Waals surface area contributed by atoms with Gasteiger partial charge in [-0.2, -0.15) is 0 Å². The van der Waals surface area contributed by atoms with E-state index in [1.807, 2.05) is 37.2 Å². The first-order valence-electron chi connectivity index (χ1n) is 42.5. The van der Waals surface area contributed by atoms with Gasteiger partial charge in [0.1, 0.15) is 0 Å². The zero-order valence-corrected chi connectivity index (χ0v) is 67.2. The highest BCUT2D eigenvalue weighted by molar-refractivity contribution is 6.37. The summed E-state index contributed by atoms with van der Waals surface area (Å²) in [6.45, 7) is 4.70. The van der Waals surface area contributed by atoms with Gasteiger partial charge in [0.2, 0.25) is 0 Å². The molecule has 21 aromatic carbocycles. The minimum atomic E-state index is -0.0427. The quantitative estimate of drug-likeness (QED) is 0.161. The smallest absolute Gasteiger partial charge is 0.0572 e. The number of aromatic nitrogens is 7. The second-order valence-electron chi connectivity index (χ2n) is 34.1. The summed E-state index contributed by atoms with van der Waals surface area (Å²) < 4.78 is 9.71. The van der Waals surface area contributed by atoms with Crippen molar-refractivity contribution in [1.29, 1.82) is 0 Å². The van der Waals surface area contributed by atoms with E-state index in [-0.39, 0.29) is 5.41 Å². The lowest BCUT2D eigenvalue weighted by molar-refractivity contribution is 0.660. The summed E-state index contributed by atoms with van der Waals surface area (Å²) in [6.07, 6.45) is 11.9. The normalized spacial score (nSPS) is 12.9. The highest BCUT2D eigenvalue weighted by Crippen LogP contribution is 2.53. The number of rotatable bonds is 5. The maximum atomic E-state index is 4.64. The van der Waals surface area contributed by atoms with Crippen LogP contribution in [0.1, 0.15) is 25.0 Å². The molecule has 0 saturated heterocycles. The maximum Gasteiger partial charge on any atom is 0.0572 e. The Balaban J connectivity index is 0.0000000978. The van der Waals surface area contributed by atoms with Gasteiger partial charge in [0.05, 0.1) is 49.8 Å². The van der Waals surface area contributed by atoms with E-state index in [2.05, 4.69) is 405 Å². The lowest BCUT2D eigenvalue weighted by Gasteiger charge is -2.22. The first-order chi connectivity index (χ1) is 60.8. The molecule has 1 aliphatic rings. The molecule has 0 radical (unpaired) electrons. The number of hydrogen-bond acceptors (Lipinski definition) is 3. The maximum absolute atomic E-state index is 4.64. The molecule has 123 heavy (non-hydrogen) atoms. The monoisotopic (exact) mass is 1560 g/mol. The van der Waals surface area contributed by atoms with Crippen LogP contribution in [-0.2, 0) is 5.41 Å². The number of fused-ring (bicyclic) bond motifs is 21. The average Bonchev–Trinajstić information content (AvgIpc) is 1.62. The van der Waals surface area contributed by atoms with Crippen molar-refractivity contribution < 1.29 is 0 Å². The first-order valence-corrected chi connectivity index (χ1v) is 42.5. The van der Waals surface area contributed by atoms with Crippen LogP contribution in [0.25, 0.3) is 251 Å². The van der Waals surface area contributed by atoms with Crippen molar-refractivity contribution in [3.8, 4) is 45.0 Å². The molecule has 0 fully saturated rings. The van der Waals surface area contributed by atoms with Gasteiger partial charge in [-0.25, -0.2) is 0 Å². The van der Waals surface area contributed by atoms with Crippen LogP contribution in [0.15, 0.2) is 395 Å². The number of para-hydroxylation sites is 2. The third-order valence-electron chi connectivity index (χ3n) is 27.5. The van der Waals surface area contributed by atoms with Crippen LogP contribution >= 0.6 is 0 Å². The topological polar surface area (TPSA) is 58.4 Å². The Morgan fingerprint density at radius 1 is 0.195 bits per heavy atom. The van der Waals surface area contributed by atoms with Crippen LogP contribution < -0.4 is 0 Å². The fraction of sp³-hybridized carbons (Fsp3) is 0.0259. The fourth-order valence-electron chi connectivity index (χ4n) is 22.2. The van der Waals surface area contributed by atoms with E-state index in [9.17, 15) is 0 Å². The SMILES string of the molecule is CC1(C)c2ccccc2-c2ccc(-n3c4ccncc4c4c5ccc6cccc7ccc(cc43)c5c76)cc21.c1ccc(-c2ccc3ccc4c5c(ccc2c35)cc2c4c3cnccc3n2-c2ccc3c(c2)c2ccccc2n3-c2ccccc2)cc1.c1ccc2c(c1)cc(-n1c3ccncc3c3c4ccc5cccc6ccc(cc31)c4c65)c1ccccc12. The molecular weight excluding hydrogens is 1490 g/mol. The van der Waals surface area contributed by atoms with Crippen molar-refractivity contribution in [2.24, 2.45) is 0 Å². The van der Waals surface area contributed by atoms with E-state index < -0.39 is 0 Å². The summed E-state index contributed by atoms with van der Waals surface area (Å²) in [5, 5.41) is 38.3.